The van der Waals surface area contributed by atoms with E-state index in [1.165, 1.54) is 40.4 Å². The summed E-state index contributed by atoms with van der Waals surface area (Å²) in [6.07, 6.45) is 3.36. The molecule has 0 bridgehead atoms. The zero-order valence-corrected chi connectivity index (χ0v) is 22.7. The Hall–Kier alpha value is -1.57. The van der Waals surface area contributed by atoms with Crippen molar-refractivity contribution in [3.63, 3.8) is 0 Å². The maximum absolute atomic E-state index is 9.81. The summed E-state index contributed by atoms with van der Waals surface area (Å²) in [5.74, 6) is 2.25. The monoisotopic (exact) mass is 493 g/mol. The number of nitriles is 1. The van der Waals surface area contributed by atoms with Gasteiger partial charge in [0.2, 0.25) is 0 Å². The van der Waals surface area contributed by atoms with Gasteiger partial charge in [-0.15, -0.1) is 11.3 Å². The van der Waals surface area contributed by atoms with Gasteiger partial charge in [0.05, 0.1) is 11.6 Å². The van der Waals surface area contributed by atoms with Crippen LogP contribution in [0.1, 0.15) is 58.6 Å². The van der Waals surface area contributed by atoms with Gasteiger partial charge in [0.1, 0.15) is 0 Å². The number of fused-ring (bicyclic) bond motifs is 2. The van der Waals surface area contributed by atoms with E-state index in [1.807, 2.05) is 23.3 Å². The average molecular weight is 494 g/mol. The van der Waals surface area contributed by atoms with E-state index < -0.39 is 0 Å². The molecule has 2 aromatic heterocycles. The molecule has 1 atom stereocenters. The van der Waals surface area contributed by atoms with E-state index in [2.05, 4.69) is 85.3 Å². The molecule has 4 heterocycles. The van der Waals surface area contributed by atoms with Crippen LogP contribution >= 0.6 is 31.5 Å². The summed E-state index contributed by atoms with van der Waals surface area (Å²) in [4.78, 5) is 2.70. The minimum atomic E-state index is 0.157. The first-order chi connectivity index (χ1) is 15.7. The van der Waals surface area contributed by atoms with Crippen molar-refractivity contribution < 1.29 is 0 Å². The molecule has 0 saturated carbocycles. The highest BCUT2D eigenvalue weighted by molar-refractivity contribution is 7.98. The molecular formula is C27H32N3PS2. The molecule has 0 N–H and O–H groups in total. The molecule has 1 unspecified atom stereocenters. The molecule has 3 aromatic rings. The van der Waals surface area contributed by atoms with Crippen LogP contribution in [0.2, 0.25) is 0 Å². The second-order valence-corrected chi connectivity index (χ2v) is 14.7. The third kappa shape index (κ3) is 4.44. The molecular weight excluding hydrogens is 461 g/mol. The smallest absolute Gasteiger partial charge is 0.0991 e. The number of thiophene rings is 1. The molecule has 1 fully saturated rings. The normalized spacial score (nSPS) is 21.0. The summed E-state index contributed by atoms with van der Waals surface area (Å²) in [6, 6.07) is 11.7. The number of anilines is 1. The molecule has 172 valence electrons. The lowest BCUT2D eigenvalue weighted by molar-refractivity contribution is 0.315. The minimum Gasteiger partial charge on any atom is -0.366 e. The van der Waals surface area contributed by atoms with Crippen molar-refractivity contribution >= 4 is 47.0 Å². The van der Waals surface area contributed by atoms with Gasteiger partial charge in [-0.3, -0.25) is 0 Å². The topological polar surface area (TPSA) is 30.3 Å². The summed E-state index contributed by atoms with van der Waals surface area (Å²) in [5.41, 5.74) is 6.20. The van der Waals surface area contributed by atoms with Gasteiger partial charge in [0, 0.05) is 56.0 Å². The van der Waals surface area contributed by atoms with Crippen LogP contribution in [0.3, 0.4) is 0 Å². The molecule has 2 aliphatic rings. The van der Waals surface area contributed by atoms with Crippen molar-refractivity contribution in [2.24, 2.45) is 0 Å². The zero-order chi connectivity index (χ0) is 23.4. The first-order valence-electron chi connectivity index (χ1n) is 11.8. The van der Waals surface area contributed by atoms with Gasteiger partial charge >= 0.3 is 0 Å². The zero-order valence-electron chi connectivity index (χ0n) is 20.2. The highest BCUT2D eigenvalue weighted by atomic mass is 32.2. The molecule has 1 aromatic carbocycles. The first kappa shape index (κ1) is 23.2. The van der Waals surface area contributed by atoms with E-state index in [1.54, 1.807) is 0 Å². The second kappa shape index (κ2) is 8.58. The fourth-order valence-corrected chi connectivity index (χ4v) is 8.64. The van der Waals surface area contributed by atoms with Crippen LogP contribution in [-0.2, 0) is 6.42 Å². The highest BCUT2D eigenvalue weighted by Gasteiger charge is 2.44. The predicted octanol–water partition coefficient (Wildman–Crippen LogP) is 8.07. The van der Waals surface area contributed by atoms with Gasteiger partial charge in [0.15, 0.2) is 0 Å². The second-order valence-electron chi connectivity index (χ2n) is 10.9. The number of benzene rings is 1. The summed E-state index contributed by atoms with van der Waals surface area (Å²) in [7, 11) is 1.27. The maximum atomic E-state index is 9.81. The van der Waals surface area contributed by atoms with E-state index >= 15 is 0 Å². The molecule has 0 aliphatic carbocycles. The summed E-state index contributed by atoms with van der Waals surface area (Å²) < 4.78 is 4.19. The Bertz CT molecular complexity index is 1230. The van der Waals surface area contributed by atoms with Crippen molar-refractivity contribution in [3.8, 4) is 17.2 Å². The van der Waals surface area contributed by atoms with Gasteiger partial charge in [-0.25, -0.2) is 4.31 Å². The number of aryl methyl sites for hydroxylation is 1. The molecule has 0 radical (unpaired) electrons. The molecule has 33 heavy (non-hydrogen) atoms. The standard InChI is InChI=1S/C27H32N3PS2/c1-26(2,3)33-30-17-20(15-27(30,4)5)29-10-6-7-19-13-18(16-28)14-22(24(19)29)21-8-11-31-23-9-12-32-25(21)23/h8-9,11-14,20H,6-7,10,15,17H2,1-5H3. The third-order valence-electron chi connectivity index (χ3n) is 6.70. The van der Waals surface area contributed by atoms with Gasteiger partial charge < -0.3 is 4.90 Å². The van der Waals surface area contributed by atoms with Crippen LogP contribution in [-0.4, -0.2) is 33.7 Å². The maximum Gasteiger partial charge on any atom is 0.0991 e. The lowest BCUT2D eigenvalue weighted by atomic mass is 9.90. The van der Waals surface area contributed by atoms with Crippen LogP contribution in [0, 0.1) is 11.3 Å². The van der Waals surface area contributed by atoms with E-state index in [4.69, 9.17) is 0 Å². The van der Waals surface area contributed by atoms with Gasteiger partial charge in [-0.2, -0.15) is 5.26 Å². The SMILES string of the molecule is CC(C)(C)SN1CC(N2CCCc3cc(C#N)cc(-c4ccpc5ccsc45)c32)CC1(C)C. The highest BCUT2D eigenvalue weighted by Crippen LogP contribution is 2.48. The lowest BCUT2D eigenvalue weighted by Crippen LogP contribution is -2.41. The van der Waals surface area contributed by atoms with E-state index in [0.717, 1.165) is 37.9 Å². The molecule has 3 nitrogen and oxygen atoms in total. The van der Waals surface area contributed by atoms with Crippen LogP contribution in [0.4, 0.5) is 5.69 Å². The largest absolute Gasteiger partial charge is 0.366 e. The Morgan fingerprint density at radius 2 is 2.03 bits per heavy atom. The van der Waals surface area contributed by atoms with E-state index in [-0.39, 0.29) is 10.3 Å². The summed E-state index contributed by atoms with van der Waals surface area (Å²) >= 11 is 3.82. The predicted molar refractivity (Wildman–Crippen MR) is 147 cm³/mol. The molecule has 5 rings (SSSR count). The summed E-state index contributed by atoms with van der Waals surface area (Å²) in [5, 5.41) is 13.4. The lowest BCUT2D eigenvalue weighted by Gasteiger charge is -2.38. The number of hydrogen-bond donors (Lipinski definition) is 0. The van der Waals surface area contributed by atoms with E-state index in [0.29, 0.717) is 6.04 Å². The number of hydrogen-bond acceptors (Lipinski definition) is 5. The fraction of sp³-hybridized carbons (Fsp3) is 0.481. The fourth-order valence-electron chi connectivity index (χ4n) is 5.38. The molecule has 0 spiro atoms. The third-order valence-corrected chi connectivity index (χ3v) is 10.2. The van der Waals surface area contributed by atoms with Gasteiger partial charge in [-0.1, -0.05) is 20.1 Å². The first-order valence-corrected chi connectivity index (χ1v) is 14.4. The van der Waals surface area contributed by atoms with Crippen LogP contribution in [0.5, 0.6) is 0 Å². The van der Waals surface area contributed by atoms with Crippen molar-refractivity contribution in [1.29, 1.82) is 5.26 Å². The molecule has 2 aliphatic heterocycles. The van der Waals surface area contributed by atoms with Gasteiger partial charge in [0.25, 0.3) is 0 Å². The quantitative estimate of drug-likeness (QED) is 0.345. The van der Waals surface area contributed by atoms with Crippen LogP contribution < -0.4 is 4.90 Å². The van der Waals surface area contributed by atoms with Crippen molar-refractivity contribution in [3.05, 3.63) is 46.6 Å². The Morgan fingerprint density at radius 1 is 1.21 bits per heavy atom. The summed E-state index contributed by atoms with van der Waals surface area (Å²) in [6.45, 7) is 13.9. The average Bonchev–Trinajstić information content (AvgIpc) is 3.35. The number of rotatable bonds is 3. The minimum absolute atomic E-state index is 0.157. The Balaban J connectivity index is 1.62. The number of nitrogens with zero attached hydrogens (tertiary/aromatic N) is 3. The molecule has 6 heteroatoms. The van der Waals surface area contributed by atoms with Crippen LogP contribution in [0.25, 0.3) is 20.9 Å². The van der Waals surface area contributed by atoms with Crippen molar-refractivity contribution in [2.75, 3.05) is 18.0 Å². The Morgan fingerprint density at radius 3 is 2.79 bits per heavy atom. The molecule has 1 saturated heterocycles. The van der Waals surface area contributed by atoms with Crippen LogP contribution in [0.15, 0.2) is 35.4 Å². The van der Waals surface area contributed by atoms with Crippen molar-refractivity contribution in [2.45, 2.75) is 70.2 Å². The Kier molecular flexibility index (Phi) is 6.03. The van der Waals surface area contributed by atoms with Gasteiger partial charge in [-0.05, 0) is 94.9 Å². The molecule has 0 amide bonds. The Labute approximate surface area is 208 Å². The van der Waals surface area contributed by atoms with E-state index in [9.17, 15) is 5.26 Å². The van der Waals surface area contributed by atoms with Crippen molar-refractivity contribution in [1.82, 2.24) is 4.31 Å².